The Morgan fingerprint density at radius 2 is 1.82 bits per heavy atom. The van der Waals surface area contributed by atoms with Gasteiger partial charge in [0, 0.05) is 17.8 Å². The minimum atomic E-state index is -1.07. The standard InChI is InChI=1S/C25H27N3O6/c1-32-19-10-4-9-18(15-19)28(22(29)16-26-24(30)21-12-6-14-34-21)23(20-11-5-13-33-20)25(31)27-17-7-2-3-8-17/h4-6,9-15,17,23H,2-3,7-8,16H2,1H3,(H,26,30)(H,27,31)/t23-/m1/s1. The molecule has 1 saturated carbocycles. The van der Waals surface area contributed by atoms with E-state index in [1.54, 1.807) is 42.5 Å². The molecule has 2 heterocycles. The van der Waals surface area contributed by atoms with Crippen LogP contribution in [0.25, 0.3) is 0 Å². The maximum atomic E-state index is 13.5. The second-order valence-corrected chi connectivity index (χ2v) is 8.03. The number of anilines is 1. The van der Waals surface area contributed by atoms with Gasteiger partial charge in [-0.15, -0.1) is 0 Å². The summed E-state index contributed by atoms with van der Waals surface area (Å²) < 4.78 is 16.0. The first-order valence-corrected chi connectivity index (χ1v) is 11.2. The summed E-state index contributed by atoms with van der Waals surface area (Å²) in [5, 5.41) is 5.62. The molecule has 34 heavy (non-hydrogen) atoms. The Labute approximate surface area is 197 Å². The normalized spacial score (nSPS) is 14.4. The molecular weight excluding hydrogens is 438 g/mol. The number of benzene rings is 1. The van der Waals surface area contributed by atoms with Crippen LogP contribution in [0.15, 0.2) is 69.9 Å². The molecule has 178 valence electrons. The van der Waals surface area contributed by atoms with Crippen LogP contribution in [0.2, 0.25) is 0 Å². The summed E-state index contributed by atoms with van der Waals surface area (Å²) in [6.45, 7) is -0.356. The molecule has 0 unspecified atom stereocenters. The summed E-state index contributed by atoms with van der Waals surface area (Å²) >= 11 is 0. The fourth-order valence-electron chi connectivity index (χ4n) is 4.10. The summed E-state index contributed by atoms with van der Waals surface area (Å²) in [4.78, 5) is 40.7. The Kier molecular flexibility index (Phi) is 7.31. The summed E-state index contributed by atoms with van der Waals surface area (Å²) in [6.07, 6.45) is 6.71. The highest BCUT2D eigenvalue weighted by Gasteiger charge is 2.36. The molecule has 1 aliphatic rings. The van der Waals surface area contributed by atoms with E-state index >= 15 is 0 Å². The van der Waals surface area contributed by atoms with E-state index in [2.05, 4.69) is 10.6 Å². The fourth-order valence-corrected chi connectivity index (χ4v) is 4.10. The number of hydrogen-bond donors (Lipinski definition) is 2. The monoisotopic (exact) mass is 465 g/mol. The van der Waals surface area contributed by atoms with E-state index in [1.165, 1.54) is 30.6 Å². The predicted octanol–water partition coefficient (Wildman–Crippen LogP) is 3.44. The van der Waals surface area contributed by atoms with Crippen molar-refractivity contribution in [3.05, 3.63) is 72.6 Å². The number of ether oxygens (including phenoxy) is 1. The lowest BCUT2D eigenvalue weighted by Crippen LogP contribution is -2.49. The molecule has 2 aromatic heterocycles. The van der Waals surface area contributed by atoms with Gasteiger partial charge in [-0.05, 0) is 49.2 Å². The van der Waals surface area contributed by atoms with E-state index in [4.69, 9.17) is 13.6 Å². The van der Waals surface area contributed by atoms with Crippen LogP contribution in [-0.2, 0) is 9.59 Å². The zero-order valence-corrected chi connectivity index (χ0v) is 18.9. The van der Waals surface area contributed by atoms with Crippen LogP contribution in [-0.4, -0.2) is 37.4 Å². The first-order chi connectivity index (χ1) is 16.6. The van der Waals surface area contributed by atoms with E-state index in [0.29, 0.717) is 17.2 Å². The van der Waals surface area contributed by atoms with Crippen LogP contribution in [0.3, 0.4) is 0 Å². The van der Waals surface area contributed by atoms with Crippen molar-refractivity contribution >= 4 is 23.4 Å². The SMILES string of the molecule is COc1cccc(N(C(=O)CNC(=O)c2ccco2)[C@@H](C(=O)NC2CCCC2)c2ccco2)c1. The lowest BCUT2D eigenvalue weighted by Gasteiger charge is -2.31. The maximum Gasteiger partial charge on any atom is 0.287 e. The van der Waals surface area contributed by atoms with Gasteiger partial charge in [0.05, 0.1) is 26.2 Å². The molecule has 3 amide bonds. The lowest BCUT2D eigenvalue weighted by atomic mass is 10.1. The molecule has 0 saturated heterocycles. The quantitative estimate of drug-likeness (QED) is 0.500. The molecule has 0 spiro atoms. The van der Waals surface area contributed by atoms with Gasteiger partial charge < -0.3 is 24.2 Å². The second kappa shape index (κ2) is 10.7. The Morgan fingerprint density at radius 1 is 1.06 bits per heavy atom. The molecule has 0 aliphatic heterocycles. The summed E-state index contributed by atoms with van der Waals surface area (Å²) in [5.41, 5.74) is 0.430. The smallest absolute Gasteiger partial charge is 0.287 e. The number of nitrogens with zero attached hydrogens (tertiary/aromatic N) is 1. The molecule has 1 atom stereocenters. The third kappa shape index (κ3) is 5.31. The van der Waals surface area contributed by atoms with Gasteiger partial charge in [0.1, 0.15) is 11.5 Å². The van der Waals surface area contributed by atoms with Crippen molar-refractivity contribution < 1.29 is 28.0 Å². The average molecular weight is 466 g/mol. The van der Waals surface area contributed by atoms with Crippen LogP contribution in [0.5, 0.6) is 5.75 Å². The van der Waals surface area contributed by atoms with Crippen LogP contribution >= 0.6 is 0 Å². The molecule has 4 rings (SSSR count). The first-order valence-electron chi connectivity index (χ1n) is 11.2. The minimum absolute atomic E-state index is 0.0471. The van der Waals surface area contributed by atoms with Crippen molar-refractivity contribution in [1.82, 2.24) is 10.6 Å². The van der Waals surface area contributed by atoms with Gasteiger partial charge in [-0.1, -0.05) is 18.9 Å². The molecule has 1 fully saturated rings. The summed E-state index contributed by atoms with van der Waals surface area (Å²) in [7, 11) is 1.52. The molecule has 2 N–H and O–H groups in total. The highest BCUT2D eigenvalue weighted by molar-refractivity contribution is 6.04. The number of rotatable bonds is 9. The van der Waals surface area contributed by atoms with Gasteiger partial charge in [0.2, 0.25) is 5.91 Å². The van der Waals surface area contributed by atoms with Gasteiger partial charge in [-0.2, -0.15) is 0 Å². The second-order valence-electron chi connectivity index (χ2n) is 8.03. The van der Waals surface area contributed by atoms with E-state index < -0.39 is 17.9 Å². The molecule has 1 aliphatic carbocycles. The zero-order chi connectivity index (χ0) is 23.9. The molecule has 1 aromatic carbocycles. The van der Waals surface area contributed by atoms with E-state index in [1.807, 2.05) is 0 Å². The number of hydrogen-bond acceptors (Lipinski definition) is 6. The van der Waals surface area contributed by atoms with Gasteiger partial charge >= 0.3 is 0 Å². The Hall–Kier alpha value is -4.01. The number of nitrogens with one attached hydrogen (secondary N) is 2. The first kappa shape index (κ1) is 23.2. The molecule has 3 aromatic rings. The molecule has 0 radical (unpaired) electrons. The number of carbonyl (C=O) groups is 3. The lowest BCUT2D eigenvalue weighted by molar-refractivity contribution is -0.127. The van der Waals surface area contributed by atoms with Gasteiger partial charge in [-0.25, -0.2) is 0 Å². The zero-order valence-electron chi connectivity index (χ0n) is 18.9. The Balaban J connectivity index is 1.65. The molecule has 9 heteroatoms. The van der Waals surface area contributed by atoms with Crippen LogP contribution in [0, 0.1) is 0 Å². The highest BCUT2D eigenvalue weighted by Crippen LogP contribution is 2.31. The van der Waals surface area contributed by atoms with Gasteiger partial charge in [0.25, 0.3) is 11.8 Å². The summed E-state index contributed by atoms with van der Waals surface area (Å²) in [6, 6.07) is 12.2. The third-order valence-corrected chi connectivity index (χ3v) is 5.77. The van der Waals surface area contributed by atoms with Crippen molar-refractivity contribution in [2.75, 3.05) is 18.6 Å². The van der Waals surface area contributed by atoms with E-state index in [0.717, 1.165) is 25.7 Å². The largest absolute Gasteiger partial charge is 0.497 e. The maximum absolute atomic E-state index is 13.5. The van der Waals surface area contributed by atoms with E-state index in [-0.39, 0.29) is 24.3 Å². The fraction of sp³-hybridized carbons (Fsp3) is 0.320. The average Bonchev–Trinajstić information content (AvgIpc) is 3.64. The van der Waals surface area contributed by atoms with Crippen molar-refractivity contribution in [1.29, 1.82) is 0 Å². The minimum Gasteiger partial charge on any atom is -0.497 e. The number of furan rings is 2. The topological polar surface area (TPSA) is 114 Å². The predicted molar refractivity (Wildman–Crippen MR) is 123 cm³/mol. The Bertz CT molecular complexity index is 1100. The van der Waals surface area contributed by atoms with Crippen LogP contribution in [0.1, 0.15) is 48.0 Å². The van der Waals surface area contributed by atoms with Crippen LogP contribution < -0.4 is 20.3 Å². The van der Waals surface area contributed by atoms with Crippen LogP contribution in [0.4, 0.5) is 5.69 Å². The molecular formula is C25H27N3O6. The van der Waals surface area contributed by atoms with E-state index in [9.17, 15) is 14.4 Å². The van der Waals surface area contributed by atoms with Crippen molar-refractivity contribution in [2.45, 2.75) is 37.8 Å². The van der Waals surface area contributed by atoms with Crippen molar-refractivity contribution in [2.24, 2.45) is 0 Å². The Morgan fingerprint density at radius 3 is 2.50 bits per heavy atom. The summed E-state index contributed by atoms with van der Waals surface area (Å²) in [5.74, 6) is -0.476. The molecule has 9 nitrogen and oxygen atoms in total. The van der Waals surface area contributed by atoms with Gasteiger partial charge in [0.15, 0.2) is 11.8 Å². The third-order valence-electron chi connectivity index (χ3n) is 5.77. The van der Waals surface area contributed by atoms with Crippen molar-refractivity contribution in [3.8, 4) is 5.75 Å². The molecule has 0 bridgehead atoms. The number of methoxy groups -OCH3 is 1. The van der Waals surface area contributed by atoms with Gasteiger partial charge in [-0.3, -0.25) is 19.3 Å². The highest BCUT2D eigenvalue weighted by atomic mass is 16.5. The number of carbonyl (C=O) groups excluding carboxylic acids is 3. The van der Waals surface area contributed by atoms with Crippen molar-refractivity contribution in [3.63, 3.8) is 0 Å². The number of amides is 3.